The summed E-state index contributed by atoms with van der Waals surface area (Å²) < 4.78 is 11.1. The highest BCUT2D eigenvalue weighted by Gasteiger charge is 2.37. The SMILES string of the molecule is CCCCOc1ccc(CNC(=O)CN2C(=O)c3cc(Cl)c(Cl)cc3C2=O)cc1OC. The van der Waals surface area contributed by atoms with Crippen molar-refractivity contribution in [1.29, 1.82) is 0 Å². The zero-order valence-corrected chi connectivity index (χ0v) is 18.7. The van der Waals surface area contributed by atoms with E-state index in [0.717, 1.165) is 23.3 Å². The van der Waals surface area contributed by atoms with Gasteiger partial charge < -0.3 is 14.8 Å². The van der Waals surface area contributed by atoms with Crippen LogP contribution in [0.15, 0.2) is 30.3 Å². The summed E-state index contributed by atoms with van der Waals surface area (Å²) in [6.45, 7) is 2.47. The molecular formula is C22H22Cl2N2O5. The number of rotatable bonds is 9. The molecule has 0 radical (unpaired) electrons. The van der Waals surface area contributed by atoms with Crippen molar-refractivity contribution in [2.45, 2.75) is 26.3 Å². The van der Waals surface area contributed by atoms with E-state index in [0.29, 0.717) is 18.1 Å². The van der Waals surface area contributed by atoms with Crippen molar-refractivity contribution in [2.75, 3.05) is 20.3 Å². The fraction of sp³-hybridized carbons (Fsp3) is 0.318. The number of carbonyl (C=O) groups excluding carboxylic acids is 3. The highest BCUT2D eigenvalue weighted by molar-refractivity contribution is 6.43. The number of fused-ring (bicyclic) bond motifs is 1. The van der Waals surface area contributed by atoms with Gasteiger partial charge in [0.05, 0.1) is 34.9 Å². The number of halogens is 2. The topological polar surface area (TPSA) is 84.9 Å². The first-order chi connectivity index (χ1) is 14.8. The van der Waals surface area contributed by atoms with Crippen LogP contribution in [-0.2, 0) is 11.3 Å². The average molecular weight is 465 g/mol. The predicted octanol–water partition coefficient (Wildman–Crippen LogP) is 4.09. The van der Waals surface area contributed by atoms with Gasteiger partial charge in [0.1, 0.15) is 6.54 Å². The van der Waals surface area contributed by atoms with Gasteiger partial charge in [-0.05, 0) is 36.2 Å². The van der Waals surface area contributed by atoms with Crippen molar-refractivity contribution in [3.63, 3.8) is 0 Å². The Morgan fingerprint density at radius 1 is 1.03 bits per heavy atom. The van der Waals surface area contributed by atoms with Crippen LogP contribution >= 0.6 is 23.2 Å². The zero-order chi connectivity index (χ0) is 22.5. The number of hydrogen-bond acceptors (Lipinski definition) is 5. The lowest BCUT2D eigenvalue weighted by atomic mass is 10.1. The lowest BCUT2D eigenvalue weighted by molar-refractivity contribution is -0.121. The minimum absolute atomic E-state index is 0.135. The summed E-state index contributed by atoms with van der Waals surface area (Å²) in [5.74, 6) is -0.437. The molecule has 9 heteroatoms. The van der Waals surface area contributed by atoms with E-state index in [9.17, 15) is 14.4 Å². The number of amides is 3. The monoisotopic (exact) mass is 464 g/mol. The van der Waals surface area contributed by atoms with E-state index in [-0.39, 0.29) is 27.7 Å². The van der Waals surface area contributed by atoms with Crippen LogP contribution in [0.25, 0.3) is 0 Å². The van der Waals surface area contributed by atoms with Gasteiger partial charge in [-0.15, -0.1) is 0 Å². The molecule has 0 aliphatic carbocycles. The molecule has 0 spiro atoms. The van der Waals surface area contributed by atoms with E-state index in [1.807, 2.05) is 6.07 Å². The third kappa shape index (κ3) is 5.11. The van der Waals surface area contributed by atoms with Gasteiger partial charge in [-0.2, -0.15) is 0 Å². The summed E-state index contributed by atoms with van der Waals surface area (Å²) in [5.41, 5.74) is 1.06. The van der Waals surface area contributed by atoms with Crippen LogP contribution in [0.5, 0.6) is 11.5 Å². The van der Waals surface area contributed by atoms with Crippen molar-refractivity contribution >= 4 is 40.9 Å². The van der Waals surface area contributed by atoms with E-state index in [1.165, 1.54) is 12.1 Å². The minimum Gasteiger partial charge on any atom is -0.493 e. The molecule has 1 aliphatic heterocycles. The Labute approximate surface area is 190 Å². The maximum Gasteiger partial charge on any atom is 0.262 e. The van der Waals surface area contributed by atoms with Crippen LogP contribution in [0.3, 0.4) is 0 Å². The molecule has 1 aliphatic rings. The maximum absolute atomic E-state index is 12.5. The van der Waals surface area contributed by atoms with Crippen LogP contribution in [0.4, 0.5) is 0 Å². The molecule has 2 aromatic rings. The number of methoxy groups -OCH3 is 1. The number of ether oxygens (including phenoxy) is 2. The largest absolute Gasteiger partial charge is 0.493 e. The molecule has 0 aromatic heterocycles. The fourth-order valence-corrected chi connectivity index (χ4v) is 3.42. The molecule has 3 amide bonds. The first-order valence-corrected chi connectivity index (χ1v) is 10.5. The molecule has 0 unspecified atom stereocenters. The molecule has 0 saturated carbocycles. The summed E-state index contributed by atoms with van der Waals surface area (Å²) in [5, 5.41) is 3.05. The van der Waals surface area contributed by atoms with E-state index in [2.05, 4.69) is 12.2 Å². The average Bonchev–Trinajstić information content (AvgIpc) is 2.97. The fourth-order valence-electron chi connectivity index (χ4n) is 3.10. The van der Waals surface area contributed by atoms with E-state index < -0.39 is 24.3 Å². The van der Waals surface area contributed by atoms with Crippen molar-refractivity contribution in [1.82, 2.24) is 10.2 Å². The number of carbonyl (C=O) groups is 3. The molecule has 0 bridgehead atoms. The second-order valence-corrected chi connectivity index (χ2v) is 7.79. The molecule has 164 valence electrons. The van der Waals surface area contributed by atoms with Gasteiger partial charge in [0.15, 0.2) is 11.5 Å². The number of imide groups is 1. The third-order valence-electron chi connectivity index (χ3n) is 4.79. The smallest absolute Gasteiger partial charge is 0.262 e. The highest BCUT2D eigenvalue weighted by atomic mass is 35.5. The van der Waals surface area contributed by atoms with E-state index >= 15 is 0 Å². The number of benzene rings is 2. The second kappa shape index (κ2) is 10.0. The molecule has 0 fully saturated rings. The summed E-state index contributed by atoms with van der Waals surface area (Å²) >= 11 is 11.9. The summed E-state index contributed by atoms with van der Waals surface area (Å²) in [7, 11) is 1.55. The van der Waals surface area contributed by atoms with Crippen molar-refractivity contribution in [2.24, 2.45) is 0 Å². The highest BCUT2D eigenvalue weighted by Crippen LogP contribution is 2.31. The van der Waals surface area contributed by atoms with Gasteiger partial charge in [0.2, 0.25) is 5.91 Å². The molecule has 7 nitrogen and oxygen atoms in total. The van der Waals surface area contributed by atoms with E-state index in [4.69, 9.17) is 32.7 Å². The Morgan fingerprint density at radius 3 is 2.26 bits per heavy atom. The van der Waals surface area contributed by atoms with Gasteiger partial charge in [-0.1, -0.05) is 42.6 Å². The molecule has 2 aromatic carbocycles. The zero-order valence-electron chi connectivity index (χ0n) is 17.2. The van der Waals surface area contributed by atoms with Crippen molar-refractivity contribution in [3.05, 3.63) is 57.1 Å². The van der Waals surface area contributed by atoms with Crippen molar-refractivity contribution < 1.29 is 23.9 Å². The van der Waals surface area contributed by atoms with Crippen LogP contribution in [0.1, 0.15) is 46.0 Å². The van der Waals surface area contributed by atoms with Gasteiger partial charge >= 0.3 is 0 Å². The first kappa shape index (κ1) is 22.9. The molecule has 1 N–H and O–H groups in total. The Kier molecular flexibility index (Phi) is 7.41. The number of hydrogen-bond donors (Lipinski definition) is 1. The van der Waals surface area contributed by atoms with Gasteiger partial charge in [-0.25, -0.2) is 0 Å². The molecule has 0 atom stereocenters. The molecule has 3 rings (SSSR count). The third-order valence-corrected chi connectivity index (χ3v) is 5.51. The molecular weight excluding hydrogens is 443 g/mol. The maximum atomic E-state index is 12.5. The molecule has 0 saturated heterocycles. The lowest BCUT2D eigenvalue weighted by Crippen LogP contribution is -2.40. The van der Waals surface area contributed by atoms with Crippen molar-refractivity contribution in [3.8, 4) is 11.5 Å². The van der Waals surface area contributed by atoms with Crippen LogP contribution in [-0.4, -0.2) is 42.9 Å². The van der Waals surface area contributed by atoms with E-state index in [1.54, 1.807) is 19.2 Å². The minimum atomic E-state index is -0.580. The van der Waals surface area contributed by atoms with Gasteiger partial charge in [0.25, 0.3) is 11.8 Å². The Hall–Kier alpha value is -2.77. The standard InChI is InChI=1S/C22H22Cl2N2O5/c1-3-4-7-31-18-6-5-13(8-19(18)30-2)11-25-20(27)12-26-21(28)14-9-16(23)17(24)10-15(14)22(26)29/h5-6,8-10H,3-4,7,11-12H2,1-2H3,(H,25,27). The number of nitrogens with zero attached hydrogens (tertiary/aromatic N) is 1. The predicted molar refractivity (Wildman–Crippen MR) is 117 cm³/mol. The summed E-state index contributed by atoms with van der Waals surface area (Å²) in [4.78, 5) is 38.3. The summed E-state index contributed by atoms with van der Waals surface area (Å²) in [6, 6.07) is 8.05. The number of nitrogens with one attached hydrogen (secondary N) is 1. The number of unbranched alkanes of at least 4 members (excludes halogenated alkanes) is 1. The van der Waals surface area contributed by atoms with Crippen LogP contribution in [0, 0.1) is 0 Å². The normalized spacial score (nSPS) is 12.7. The lowest BCUT2D eigenvalue weighted by Gasteiger charge is -2.15. The second-order valence-electron chi connectivity index (χ2n) is 6.97. The van der Waals surface area contributed by atoms with Crippen LogP contribution < -0.4 is 14.8 Å². The Bertz CT molecular complexity index is 984. The molecule has 31 heavy (non-hydrogen) atoms. The molecule has 1 heterocycles. The summed E-state index contributed by atoms with van der Waals surface area (Å²) in [6.07, 6.45) is 1.97. The first-order valence-electron chi connectivity index (χ1n) is 9.77. The quantitative estimate of drug-likeness (QED) is 0.446. The Morgan fingerprint density at radius 2 is 1.68 bits per heavy atom. The van der Waals surface area contributed by atoms with Gasteiger partial charge in [0, 0.05) is 6.54 Å². The van der Waals surface area contributed by atoms with Gasteiger partial charge in [-0.3, -0.25) is 19.3 Å². The Balaban J connectivity index is 1.60. The van der Waals surface area contributed by atoms with Crippen LogP contribution in [0.2, 0.25) is 10.0 Å².